The zero-order valence-electron chi connectivity index (χ0n) is 14.0. The molecule has 0 amide bonds. The fourth-order valence-corrected chi connectivity index (χ4v) is 5.69. The highest BCUT2D eigenvalue weighted by molar-refractivity contribution is 7.91. The molecule has 3 unspecified atom stereocenters. The Balaban J connectivity index is 2.03. The zero-order chi connectivity index (χ0) is 15.5. The third-order valence-corrected chi connectivity index (χ3v) is 7.43. The van der Waals surface area contributed by atoms with Crippen molar-refractivity contribution in [2.45, 2.75) is 76.5 Å². The Morgan fingerprint density at radius 3 is 2.29 bits per heavy atom. The molecule has 2 rings (SSSR count). The SMILES string of the molecule is CCNC(C1CCC(C)CC1)C1CCCC(S(C)(=O)=O)C1. The first-order valence-corrected chi connectivity index (χ1v) is 10.8. The number of hydrogen-bond donors (Lipinski definition) is 1. The summed E-state index contributed by atoms with van der Waals surface area (Å²) in [4.78, 5) is 0. The van der Waals surface area contributed by atoms with Crippen molar-refractivity contribution >= 4 is 9.84 Å². The highest BCUT2D eigenvalue weighted by Gasteiger charge is 2.36. The molecule has 0 aromatic carbocycles. The second-order valence-corrected chi connectivity index (χ2v) is 9.81. The van der Waals surface area contributed by atoms with Crippen molar-refractivity contribution in [1.29, 1.82) is 0 Å². The van der Waals surface area contributed by atoms with Gasteiger partial charge in [-0.1, -0.05) is 33.1 Å². The average Bonchev–Trinajstić information content (AvgIpc) is 2.45. The molecule has 2 fully saturated rings. The molecule has 0 aromatic heterocycles. The Morgan fingerprint density at radius 2 is 1.71 bits per heavy atom. The number of rotatable bonds is 5. The predicted octanol–water partition coefficient (Wildman–Crippen LogP) is 3.39. The molecular weight excluding hydrogens is 282 g/mol. The van der Waals surface area contributed by atoms with E-state index in [2.05, 4.69) is 19.2 Å². The maximum Gasteiger partial charge on any atom is 0.150 e. The van der Waals surface area contributed by atoms with Gasteiger partial charge in [-0.25, -0.2) is 8.42 Å². The minimum absolute atomic E-state index is 0.0973. The molecule has 0 aliphatic heterocycles. The van der Waals surface area contributed by atoms with E-state index in [9.17, 15) is 8.42 Å². The van der Waals surface area contributed by atoms with Crippen LogP contribution in [0.2, 0.25) is 0 Å². The van der Waals surface area contributed by atoms with Gasteiger partial charge < -0.3 is 5.32 Å². The Bertz CT molecular complexity index is 413. The molecule has 0 spiro atoms. The van der Waals surface area contributed by atoms with E-state index in [-0.39, 0.29) is 5.25 Å². The van der Waals surface area contributed by atoms with Crippen molar-refractivity contribution < 1.29 is 8.42 Å². The minimum Gasteiger partial charge on any atom is -0.314 e. The highest BCUT2D eigenvalue weighted by atomic mass is 32.2. The summed E-state index contributed by atoms with van der Waals surface area (Å²) < 4.78 is 23.8. The lowest BCUT2D eigenvalue weighted by molar-refractivity contribution is 0.159. The normalized spacial score (nSPS) is 36.3. The molecule has 2 aliphatic rings. The largest absolute Gasteiger partial charge is 0.314 e. The van der Waals surface area contributed by atoms with E-state index in [1.807, 2.05) is 0 Å². The van der Waals surface area contributed by atoms with Gasteiger partial charge in [-0.05, 0) is 56.4 Å². The second kappa shape index (κ2) is 7.45. The van der Waals surface area contributed by atoms with Crippen LogP contribution in [0.3, 0.4) is 0 Å². The van der Waals surface area contributed by atoms with Crippen LogP contribution >= 0.6 is 0 Å². The van der Waals surface area contributed by atoms with E-state index in [1.54, 1.807) is 0 Å². The Labute approximate surface area is 131 Å². The summed E-state index contributed by atoms with van der Waals surface area (Å²) in [5, 5.41) is 3.62. The first kappa shape index (κ1) is 17.3. The molecule has 0 radical (unpaired) electrons. The summed E-state index contributed by atoms with van der Waals surface area (Å²) in [6.45, 7) is 5.53. The smallest absolute Gasteiger partial charge is 0.150 e. The van der Waals surface area contributed by atoms with Gasteiger partial charge in [-0.15, -0.1) is 0 Å². The van der Waals surface area contributed by atoms with Crippen LogP contribution in [0, 0.1) is 17.8 Å². The van der Waals surface area contributed by atoms with Gasteiger partial charge in [-0.3, -0.25) is 0 Å². The van der Waals surface area contributed by atoms with Crippen molar-refractivity contribution in [1.82, 2.24) is 5.32 Å². The summed E-state index contributed by atoms with van der Waals surface area (Å²) in [7, 11) is -2.87. The van der Waals surface area contributed by atoms with Gasteiger partial charge in [0.15, 0.2) is 0 Å². The number of hydrogen-bond acceptors (Lipinski definition) is 3. The van der Waals surface area contributed by atoms with Crippen molar-refractivity contribution in [3.05, 3.63) is 0 Å². The van der Waals surface area contributed by atoms with E-state index in [4.69, 9.17) is 0 Å². The molecular formula is C17H33NO2S. The van der Waals surface area contributed by atoms with Crippen LogP contribution in [0.5, 0.6) is 0 Å². The van der Waals surface area contributed by atoms with Crippen molar-refractivity contribution in [3.8, 4) is 0 Å². The van der Waals surface area contributed by atoms with Crippen molar-refractivity contribution in [2.24, 2.45) is 17.8 Å². The van der Waals surface area contributed by atoms with E-state index >= 15 is 0 Å². The first-order chi connectivity index (χ1) is 9.91. The molecule has 0 heterocycles. The minimum atomic E-state index is -2.87. The van der Waals surface area contributed by atoms with Crippen LogP contribution in [-0.2, 0) is 9.84 Å². The third-order valence-electron chi connectivity index (χ3n) is 5.79. The lowest BCUT2D eigenvalue weighted by Crippen LogP contribution is -2.46. The van der Waals surface area contributed by atoms with Gasteiger partial charge in [-0.2, -0.15) is 0 Å². The van der Waals surface area contributed by atoms with Crippen LogP contribution in [0.25, 0.3) is 0 Å². The molecule has 2 saturated carbocycles. The van der Waals surface area contributed by atoms with Gasteiger partial charge in [0.2, 0.25) is 0 Å². The average molecular weight is 316 g/mol. The molecule has 0 bridgehead atoms. The lowest BCUT2D eigenvalue weighted by Gasteiger charge is -2.41. The van der Waals surface area contributed by atoms with Crippen LogP contribution in [0.15, 0.2) is 0 Å². The maximum atomic E-state index is 11.9. The van der Waals surface area contributed by atoms with Gasteiger partial charge in [0.05, 0.1) is 5.25 Å². The Morgan fingerprint density at radius 1 is 1.05 bits per heavy atom. The third kappa shape index (κ3) is 4.69. The first-order valence-electron chi connectivity index (χ1n) is 8.84. The summed E-state index contributed by atoms with van der Waals surface area (Å²) >= 11 is 0. The highest BCUT2D eigenvalue weighted by Crippen LogP contribution is 2.38. The summed E-state index contributed by atoms with van der Waals surface area (Å²) in [5.74, 6) is 2.18. The summed E-state index contributed by atoms with van der Waals surface area (Å²) in [6, 6.07) is 0.534. The van der Waals surface area contributed by atoms with E-state index in [0.717, 1.165) is 37.6 Å². The van der Waals surface area contributed by atoms with Crippen LogP contribution in [0.1, 0.15) is 65.2 Å². The molecule has 2 aliphatic carbocycles. The fourth-order valence-electron chi connectivity index (χ4n) is 4.50. The summed E-state index contributed by atoms with van der Waals surface area (Å²) in [5.41, 5.74) is 0. The van der Waals surface area contributed by atoms with Gasteiger partial charge in [0, 0.05) is 12.3 Å². The van der Waals surface area contributed by atoms with Crippen LogP contribution in [0.4, 0.5) is 0 Å². The molecule has 0 saturated heterocycles. The molecule has 21 heavy (non-hydrogen) atoms. The van der Waals surface area contributed by atoms with E-state index in [0.29, 0.717) is 12.0 Å². The predicted molar refractivity (Wildman–Crippen MR) is 89.2 cm³/mol. The van der Waals surface area contributed by atoms with E-state index in [1.165, 1.54) is 38.4 Å². The van der Waals surface area contributed by atoms with E-state index < -0.39 is 9.84 Å². The fraction of sp³-hybridized carbons (Fsp3) is 1.00. The second-order valence-electron chi connectivity index (χ2n) is 7.48. The van der Waals surface area contributed by atoms with Gasteiger partial charge in [0.1, 0.15) is 9.84 Å². The standard InChI is InChI=1S/C17H33NO2S/c1-4-18-17(14-10-8-13(2)9-11-14)15-6-5-7-16(12-15)21(3,19)20/h13-18H,4-12H2,1-3H3. The molecule has 124 valence electrons. The molecule has 3 atom stereocenters. The lowest BCUT2D eigenvalue weighted by atomic mass is 9.72. The molecule has 4 heteroatoms. The quantitative estimate of drug-likeness (QED) is 0.846. The van der Waals surface area contributed by atoms with Crippen LogP contribution in [-0.4, -0.2) is 32.5 Å². The topological polar surface area (TPSA) is 46.2 Å². The monoisotopic (exact) mass is 315 g/mol. The van der Waals surface area contributed by atoms with Gasteiger partial charge >= 0.3 is 0 Å². The molecule has 3 nitrogen and oxygen atoms in total. The zero-order valence-corrected chi connectivity index (χ0v) is 14.8. The van der Waals surface area contributed by atoms with Gasteiger partial charge in [0.25, 0.3) is 0 Å². The van der Waals surface area contributed by atoms with Crippen molar-refractivity contribution in [3.63, 3.8) is 0 Å². The molecule has 0 aromatic rings. The summed E-state index contributed by atoms with van der Waals surface area (Å²) in [6.07, 6.45) is 10.8. The number of sulfone groups is 1. The Hall–Kier alpha value is -0.0900. The number of nitrogens with one attached hydrogen (secondary N) is 1. The van der Waals surface area contributed by atoms with Crippen LogP contribution < -0.4 is 5.32 Å². The maximum absolute atomic E-state index is 11.9. The Kier molecular flexibility index (Phi) is 6.13. The molecule has 1 N–H and O–H groups in total. The van der Waals surface area contributed by atoms with Crippen molar-refractivity contribution in [2.75, 3.05) is 12.8 Å².